The zero-order chi connectivity index (χ0) is 13.1. The molecule has 5 nitrogen and oxygen atoms in total. The van der Waals surface area contributed by atoms with Gasteiger partial charge in [-0.15, -0.1) is 0 Å². The maximum atomic E-state index is 11.3. The zero-order valence-electron chi connectivity index (χ0n) is 9.90. The lowest BCUT2D eigenvalue weighted by Crippen LogP contribution is -2.16. The first-order valence-electron chi connectivity index (χ1n) is 5.26. The Hall–Kier alpha value is -1.72. The summed E-state index contributed by atoms with van der Waals surface area (Å²) in [4.78, 5) is 11.3. The van der Waals surface area contributed by atoms with Gasteiger partial charge < -0.3 is 18.9 Å². The van der Waals surface area contributed by atoms with Gasteiger partial charge in [0, 0.05) is 0 Å². The van der Waals surface area contributed by atoms with Gasteiger partial charge in [-0.25, -0.2) is 4.79 Å². The summed E-state index contributed by atoms with van der Waals surface area (Å²) in [6.07, 6.45) is 0. The molecule has 0 saturated heterocycles. The van der Waals surface area contributed by atoms with E-state index in [2.05, 4.69) is 10.1 Å². The summed E-state index contributed by atoms with van der Waals surface area (Å²) in [6, 6.07) is 6.31. The van der Waals surface area contributed by atoms with Crippen LogP contribution >= 0.6 is 11.6 Å². The maximum Gasteiger partial charge on any atom is 0.373 e. The summed E-state index contributed by atoms with van der Waals surface area (Å²) in [5, 5.41) is 3.32. The summed E-state index contributed by atoms with van der Waals surface area (Å²) < 4.78 is 15.3. The predicted molar refractivity (Wildman–Crippen MR) is 64.7 cm³/mol. The minimum atomic E-state index is -0.520. The van der Waals surface area contributed by atoms with Gasteiger partial charge in [0.2, 0.25) is 5.76 Å². The molecule has 0 aliphatic rings. The molecular formula is C12H12ClNO4. The second-order valence-corrected chi connectivity index (χ2v) is 3.93. The Morgan fingerprint density at radius 3 is 2.50 bits per heavy atom. The lowest BCUT2D eigenvalue weighted by atomic mass is 10.2. The number of nitrogens with one attached hydrogen (secondary N) is 1. The van der Waals surface area contributed by atoms with Crippen molar-refractivity contribution in [1.82, 2.24) is 5.32 Å². The summed E-state index contributed by atoms with van der Waals surface area (Å²) >= 11 is 5.73. The van der Waals surface area contributed by atoms with E-state index in [1.165, 1.54) is 7.11 Å². The van der Waals surface area contributed by atoms with Crippen molar-refractivity contribution in [3.63, 3.8) is 0 Å². The molecule has 1 atom stereocenters. The molecule has 6 heteroatoms. The van der Waals surface area contributed by atoms with E-state index in [9.17, 15) is 4.79 Å². The number of carbonyl (C=O) groups excluding carboxylic acids is 1. The number of methoxy groups -OCH3 is 1. The molecule has 2 aromatic heterocycles. The van der Waals surface area contributed by atoms with E-state index in [-0.39, 0.29) is 11.8 Å². The molecule has 0 amide bonds. The van der Waals surface area contributed by atoms with Gasteiger partial charge in [0.25, 0.3) is 0 Å². The van der Waals surface area contributed by atoms with Crippen molar-refractivity contribution in [2.75, 3.05) is 14.2 Å². The highest BCUT2D eigenvalue weighted by molar-refractivity contribution is 6.28. The summed E-state index contributed by atoms with van der Waals surface area (Å²) in [6.45, 7) is 0. The number of hydrogen-bond donors (Lipinski definition) is 1. The van der Waals surface area contributed by atoms with Crippen molar-refractivity contribution in [3.05, 3.63) is 46.8 Å². The molecule has 0 aliphatic carbocycles. The van der Waals surface area contributed by atoms with Gasteiger partial charge in [0.1, 0.15) is 17.6 Å². The van der Waals surface area contributed by atoms with Crippen LogP contribution in [0, 0.1) is 0 Å². The molecule has 0 aromatic carbocycles. The molecule has 0 saturated carbocycles. The van der Waals surface area contributed by atoms with Gasteiger partial charge >= 0.3 is 5.97 Å². The van der Waals surface area contributed by atoms with Crippen LogP contribution in [0.25, 0.3) is 0 Å². The van der Waals surface area contributed by atoms with E-state index in [0.717, 1.165) is 0 Å². The number of hydrogen-bond acceptors (Lipinski definition) is 5. The Kier molecular flexibility index (Phi) is 3.74. The third-order valence-electron chi connectivity index (χ3n) is 2.47. The van der Waals surface area contributed by atoms with Crippen molar-refractivity contribution >= 4 is 17.6 Å². The molecule has 0 radical (unpaired) electrons. The Morgan fingerprint density at radius 2 is 1.94 bits per heavy atom. The van der Waals surface area contributed by atoms with Crippen molar-refractivity contribution in [1.29, 1.82) is 0 Å². The average molecular weight is 270 g/mol. The normalized spacial score (nSPS) is 12.4. The summed E-state index contributed by atoms with van der Waals surface area (Å²) in [5.74, 6) is 0.774. The van der Waals surface area contributed by atoms with E-state index < -0.39 is 5.97 Å². The second-order valence-electron chi connectivity index (χ2n) is 3.56. The van der Waals surface area contributed by atoms with Gasteiger partial charge in [0.05, 0.1) is 7.11 Å². The van der Waals surface area contributed by atoms with Gasteiger partial charge in [-0.05, 0) is 42.9 Å². The lowest BCUT2D eigenvalue weighted by Gasteiger charge is -2.10. The molecule has 1 N–H and O–H groups in total. The van der Waals surface area contributed by atoms with Gasteiger partial charge in [-0.2, -0.15) is 0 Å². The smallest absolute Gasteiger partial charge is 0.373 e. The predicted octanol–water partition coefficient (Wildman–Crippen LogP) is 2.62. The van der Waals surface area contributed by atoms with E-state index in [4.69, 9.17) is 20.4 Å². The fourth-order valence-corrected chi connectivity index (χ4v) is 1.78. The number of carbonyl (C=O) groups is 1. The standard InChI is InChI=1S/C12H12ClNO4/c1-14-11(8-5-6-10(13)18-8)7-3-4-9(17-7)12(15)16-2/h3-6,11,14H,1-2H3. The van der Waals surface area contributed by atoms with Crippen LogP contribution < -0.4 is 5.32 Å². The zero-order valence-corrected chi connectivity index (χ0v) is 10.7. The van der Waals surface area contributed by atoms with Crippen LogP contribution in [0.5, 0.6) is 0 Å². The number of ether oxygens (including phenoxy) is 1. The van der Waals surface area contributed by atoms with Crippen LogP contribution in [0.4, 0.5) is 0 Å². The van der Waals surface area contributed by atoms with Crippen LogP contribution in [0.2, 0.25) is 5.22 Å². The van der Waals surface area contributed by atoms with E-state index >= 15 is 0 Å². The molecule has 2 heterocycles. The SMILES string of the molecule is CNC(c1ccc(Cl)o1)c1ccc(C(=O)OC)o1. The largest absolute Gasteiger partial charge is 0.463 e. The summed E-state index contributed by atoms with van der Waals surface area (Å²) in [7, 11) is 3.05. The molecule has 2 aromatic rings. The summed E-state index contributed by atoms with van der Waals surface area (Å²) in [5.41, 5.74) is 0. The lowest BCUT2D eigenvalue weighted by molar-refractivity contribution is 0.0562. The van der Waals surface area contributed by atoms with Crippen LogP contribution in [-0.4, -0.2) is 20.1 Å². The number of esters is 1. The molecule has 0 aliphatic heterocycles. The Labute approximate surface area is 109 Å². The van der Waals surface area contributed by atoms with Crippen molar-refractivity contribution in [2.45, 2.75) is 6.04 Å². The first-order chi connectivity index (χ1) is 8.65. The molecule has 96 valence electrons. The highest BCUT2D eigenvalue weighted by atomic mass is 35.5. The van der Waals surface area contributed by atoms with Gasteiger partial charge in [-0.1, -0.05) is 0 Å². The van der Waals surface area contributed by atoms with Gasteiger partial charge in [0.15, 0.2) is 5.22 Å². The van der Waals surface area contributed by atoms with Crippen LogP contribution in [0.15, 0.2) is 33.1 Å². The third kappa shape index (κ3) is 2.42. The molecule has 0 fully saturated rings. The fraction of sp³-hybridized carbons (Fsp3) is 0.250. The Morgan fingerprint density at radius 1 is 1.28 bits per heavy atom. The minimum Gasteiger partial charge on any atom is -0.463 e. The molecule has 1 unspecified atom stereocenters. The van der Waals surface area contributed by atoms with E-state index in [0.29, 0.717) is 16.7 Å². The van der Waals surface area contributed by atoms with Crippen LogP contribution in [0.1, 0.15) is 28.1 Å². The fourth-order valence-electron chi connectivity index (χ4n) is 1.63. The first kappa shape index (κ1) is 12.7. The van der Waals surface area contributed by atoms with E-state index in [1.54, 1.807) is 31.3 Å². The molecular weight excluding hydrogens is 258 g/mol. The van der Waals surface area contributed by atoms with Crippen molar-refractivity contribution in [2.24, 2.45) is 0 Å². The van der Waals surface area contributed by atoms with Crippen molar-refractivity contribution in [3.8, 4) is 0 Å². The Bertz CT molecular complexity index is 546. The highest BCUT2D eigenvalue weighted by Gasteiger charge is 2.21. The quantitative estimate of drug-likeness (QED) is 0.865. The van der Waals surface area contributed by atoms with Gasteiger partial charge in [-0.3, -0.25) is 0 Å². The number of rotatable bonds is 4. The molecule has 2 rings (SSSR count). The molecule has 0 spiro atoms. The second kappa shape index (κ2) is 5.29. The Balaban J connectivity index is 2.28. The first-order valence-corrected chi connectivity index (χ1v) is 5.64. The molecule has 0 bridgehead atoms. The minimum absolute atomic E-state index is 0.144. The topological polar surface area (TPSA) is 64.6 Å². The number of furan rings is 2. The highest BCUT2D eigenvalue weighted by Crippen LogP contribution is 2.27. The third-order valence-corrected chi connectivity index (χ3v) is 2.67. The molecule has 18 heavy (non-hydrogen) atoms. The van der Waals surface area contributed by atoms with Crippen LogP contribution in [-0.2, 0) is 4.74 Å². The average Bonchev–Trinajstić information content (AvgIpc) is 2.99. The van der Waals surface area contributed by atoms with E-state index in [1.807, 2.05) is 0 Å². The monoisotopic (exact) mass is 269 g/mol. The van der Waals surface area contributed by atoms with Crippen LogP contribution in [0.3, 0.4) is 0 Å². The van der Waals surface area contributed by atoms with Crippen molar-refractivity contribution < 1.29 is 18.4 Å². The maximum absolute atomic E-state index is 11.3. The number of halogens is 1.